The van der Waals surface area contributed by atoms with Crippen LogP contribution >= 0.6 is 23.2 Å². The molecule has 2 aromatic carbocycles. The number of nitrogens with one attached hydrogen (secondary N) is 2. The molecule has 30 heavy (non-hydrogen) atoms. The minimum atomic E-state index is -3.48. The lowest BCUT2D eigenvalue weighted by Gasteiger charge is -2.21. The number of hydrogen-bond acceptors (Lipinski definition) is 4. The molecule has 0 heterocycles. The standard InChI is InChI=1S/C20H23Cl2N3O4S/c1-3-11-30(28,29)24-15-8-5-7-14(12-15)20(27)25(4-2)13-18(26)23-19-16(21)9-6-10-17(19)22/h5-10,12,24H,3-4,11,13H2,1-2H3,(H,23,26). The van der Waals surface area contributed by atoms with Crippen molar-refractivity contribution in [3.05, 3.63) is 58.1 Å². The third kappa shape index (κ3) is 6.62. The highest BCUT2D eigenvalue weighted by Gasteiger charge is 2.19. The third-order valence-electron chi connectivity index (χ3n) is 4.09. The Kier molecular flexibility index (Phi) is 8.52. The molecule has 0 spiro atoms. The van der Waals surface area contributed by atoms with Gasteiger partial charge in [-0.1, -0.05) is 42.3 Å². The monoisotopic (exact) mass is 471 g/mol. The summed E-state index contributed by atoms with van der Waals surface area (Å²) in [7, 11) is -3.48. The number of sulfonamides is 1. The van der Waals surface area contributed by atoms with E-state index in [0.29, 0.717) is 6.42 Å². The molecule has 0 atom stereocenters. The van der Waals surface area contributed by atoms with Crippen molar-refractivity contribution in [3.8, 4) is 0 Å². The zero-order chi connectivity index (χ0) is 22.3. The molecule has 0 aromatic heterocycles. The van der Waals surface area contributed by atoms with Gasteiger partial charge in [0.15, 0.2) is 0 Å². The normalized spacial score (nSPS) is 11.1. The second-order valence-electron chi connectivity index (χ2n) is 6.47. The van der Waals surface area contributed by atoms with Crippen LogP contribution in [0.15, 0.2) is 42.5 Å². The van der Waals surface area contributed by atoms with Crippen molar-refractivity contribution < 1.29 is 18.0 Å². The number of halogens is 2. The lowest BCUT2D eigenvalue weighted by molar-refractivity contribution is -0.116. The molecule has 2 N–H and O–H groups in total. The Balaban J connectivity index is 2.12. The maximum Gasteiger partial charge on any atom is 0.254 e. The van der Waals surface area contributed by atoms with Gasteiger partial charge in [0.25, 0.3) is 5.91 Å². The lowest BCUT2D eigenvalue weighted by atomic mass is 10.1. The molecule has 0 bridgehead atoms. The van der Waals surface area contributed by atoms with E-state index in [0.717, 1.165) is 0 Å². The van der Waals surface area contributed by atoms with Gasteiger partial charge in [-0.3, -0.25) is 14.3 Å². The summed E-state index contributed by atoms with van der Waals surface area (Å²) < 4.78 is 26.4. The molecule has 7 nitrogen and oxygen atoms in total. The largest absolute Gasteiger partial charge is 0.330 e. The SMILES string of the molecule is CCCS(=O)(=O)Nc1cccc(C(=O)N(CC)CC(=O)Nc2c(Cl)cccc2Cl)c1. The minimum Gasteiger partial charge on any atom is -0.330 e. The van der Waals surface area contributed by atoms with Crippen LogP contribution in [0.1, 0.15) is 30.6 Å². The minimum absolute atomic E-state index is 0.0168. The van der Waals surface area contributed by atoms with Crippen molar-refractivity contribution in [3.63, 3.8) is 0 Å². The Hall–Kier alpha value is -2.29. The predicted octanol–water partition coefficient (Wildman–Crippen LogP) is 4.25. The van der Waals surface area contributed by atoms with Crippen LogP contribution in [0, 0.1) is 0 Å². The first-order chi connectivity index (χ1) is 14.2. The van der Waals surface area contributed by atoms with Gasteiger partial charge in [-0.25, -0.2) is 8.42 Å². The zero-order valence-electron chi connectivity index (χ0n) is 16.6. The molecule has 0 saturated heterocycles. The van der Waals surface area contributed by atoms with Gasteiger partial charge in [0.2, 0.25) is 15.9 Å². The van der Waals surface area contributed by atoms with Gasteiger partial charge in [-0.05, 0) is 43.7 Å². The first kappa shape index (κ1) is 24.0. The maximum atomic E-state index is 12.9. The fraction of sp³-hybridized carbons (Fsp3) is 0.300. The number of benzene rings is 2. The van der Waals surface area contributed by atoms with Gasteiger partial charge >= 0.3 is 0 Å². The summed E-state index contributed by atoms with van der Waals surface area (Å²) in [5, 5.41) is 3.20. The average molecular weight is 472 g/mol. The van der Waals surface area contributed by atoms with E-state index in [4.69, 9.17) is 23.2 Å². The van der Waals surface area contributed by atoms with Crippen LogP contribution in [0.4, 0.5) is 11.4 Å². The van der Waals surface area contributed by atoms with Crippen molar-refractivity contribution in [2.75, 3.05) is 28.9 Å². The molecule has 0 aliphatic carbocycles. The van der Waals surface area contributed by atoms with Crippen molar-refractivity contribution in [1.29, 1.82) is 0 Å². The summed E-state index contributed by atoms with van der Waals surface area (Å²) in [4.78, 5) is 26.6. The molecule has 0 unspecified atom stereocenters. The van der Waals surface area contributed by atoms with Crippen LogP contribution in [-0.2, 0) is 14.8 Å². The number of para-hydroxylation sites is 1. The molecule has 0 radical (unpaired) electrons. The molecule has 0 saturated carbocycles. The maximum absolute atomic E-state index is 12.9. The highest BCUT2D eigenvalue weighted by atomic mass is 35.5. The van der Waals surface area contributed by atoms with E-state index >= 15 is 0 Å². The van der Waals surface area contributed by atoms with E-state index in [-0.39, 0.29) is 45.8 Å². The van der Waals surface area contributed by atoms with Crippen molar-refractivity contribution in [1.82, 2.24) is 4.90 Å². The lowest BCUT2D eigenvalue weighted by Crippen LogP contribution is -2.38. The summed E-state index contributed by atoms with van der Waals surface area (Å²) in [6, 6.07) is 11.0. The number of anilines is 2. The zero-order valence-corrected chi connectivity index (χ0v) is 18.9. The van der Waals surface area contributed by atoms with Crippen LogP contribution in [-0.4, -0.2) is 44.0 Å². The quantitative estimate of drug-likeness (QED) is 0.571. The van der Waals surface area contributed by atoms with E-state index in [1.807, 2.05) is 0 Å². The molecule has 0 fully saturated rings. The molecule has 2 aromatic rings. The Morgan fingerprint density at radius 2 is 1.67 bits per heavy atom. The number of rotatable bonds is 9. The van der Waals surface area contributed by atoms with Crippen molar-refractivity contribution in [2.45, 2.75) is 20.3 Å². The highest BCUT2D eigenvalue weighted by molar-refractivity contribution is 7.92. The molecular weight excluding hydrogens is 449 g/mol. The van der Waals surface area contributed by atoms with Crippen LogP contribution in [0.5, 0.6) is 0 Å². The third-order valence-corrected chi connectivity index (χ3v) is 6.21. The fourth-order valence-corrected chi connectivity index (χ4v) is 4.31. The van der Waals surface area contributed by atoms with Crippen molar-refractivity contribution in [2.24, 2.45) is 0 Å². The first-order valence-electron chi connectivity index (χ1n) is 9.30. The molecule has 0 aliphatic rings. The van der Waals surface area contributed by atoms with Crippen LogP contribution in [0.25, 0.3) is 0 Å². The van der Waals surface area contributed by atoms with E-state index in [1.165, 1.54) is 11.0 Å². The Morgan fingerprint density at radius 1 is 1.03 bits per heavy atom. The number of carbonyl (C=O) groups is 2. The molecule has 0 aliphatic heterocycles. The van der Waals surface area contributed by atoms with Gasteiger partial charge in [-0.2, -0.15) is 0 Å². The Labute approximate surface area is 186 Å². The summed E-state index contributed by atoms with van der Waals surface area (Å²) in [5.74, 6) is -0.883. The van der Waals surface area contributed by atoms with E-state index in [1.54, 1.807) is 50.2 Å². The number of nitrogens with zero attached hydrogens (tertiary/aromatic N) is 1. The second kappa shape index (κ2) is 10.7. The van der Waals surface area contributed by atoms with E-state index in [2.05, 4.69) is 10.0 Å². The van der Waals surface area contributed by atoms with Crippen LogP contribution in [0.3, 0.4) is 0 Å². The van der Waals surface area contributed by atoms with Crippen molar-refractivity contribution >= 4 is 56.4 Å². The van der Waals surface area contributed by atoms with Gasteiger partial charge in [0, 0.05) is 17.8 Å². The van der Waals surface area contributed by atoms with Gasteiger partial charge in [0.05, 0.1) is 21.5 Å². The number of carbonyl (C=O) groups excluding carboxylic acids is 2. The topological polar surface area (TPSA) is 95.6 Å². The highest BCUT2D eigenvalue weighted by Crippen LogP contribution is 2.29. The molecule has 2 amide bonds. The van der Waals surface area contributed by atoms with Crippen LogP contribution in [0.2, 0.25) is 10.0 Å². The number of amides is 2. The van der Waals surface area contributed by atoms with Gasteiger partial charge < -0.3 is 10.2 Å². The van der Waals surface area contributed by atoms with Gasteiger partial charge in [0.1, 0.15) is 6.54 Å². The predicted molar refractivity (Wildman–Crippen MR) is 121 cm³/mol. The molecule has 10 heteroatoms. The molecular formula is C20H23Cl2N3O4S. The summed E-state index contributed by atoms with van der Waals surface area (Å²) in [6.45, 7) is 3.55. The smallest absolute Gasteiger partial charge is 0.254 e. The van der Waals surface area contributed by atoms with E-state index < -0.39 is 21.8 Å². The van der Waals surface area contributed by atoms with Crippen LogP contribution < -0.4 is 10.0 Å². The summed E-state index contributed by atoms with van der Waals surface area (Å²) in [5.41, 5.74) is 0.830. The summed E-state index contributed by atoms with van der Waals surface area (Å²) >= 11 is 12.1. The average Bonchev–Trinajstić information content (AvgIpc) is 2.68. The Morgan fingerprint density at radius 3 is 2.27 bits per heavy atom. The Bertz CT molecular complexity index is 1010. The van der Waals surface area contributed by atoms with E-state index in [9.17, 15) is 18.0 Å². The number of hydrogen-bond donors (Lipinski definition) is 2. The number of likely N-dealkylation sites (N-methyl/N-ethyl adjacent to an activating group) is 1. The molecule has 2 rings (SSSR count). The fourth-order valence-electron chi connectivity index (χ4n) is 2.69. The van der Waals surface area contributed by atoms with Gasteiger partial charge in [-0.15, -0.1) is 0 Å². The molecule has 162 valence electrons. The first-order valence-corrected chi connectivity index (χ1v) is 11.7. The summed E-state index contributed by atoms with van der Waals surface area (Å²) in [6.07, 6.45) is 0.474. The second-order valence-corrected chi connectivity index (χ2v) is 9.12.